The lowest BCUT2D eigenvalue weighted by molar-refractivity contribution is -0.116. The molecule has 0 fully saturated rings. The average molecular weight is 206 g/mol. The Balaban J connectivity index is 2.47. The lowest BCUT2D eigenvalue weighted by Crippen LogP contribution is -2.22. The molecular formula is C11H14N2O2. The lowest BCUT2D eigenvalue weighted by atomic mass is 9.93. The Morgan fingerprint density at radius 2 is 2.13 bits per heavy atom. The van der Waals surface area contributed by atoms with Crippen LogP contribution in [0.5, 0.6) is 0 Å². The van der Waals surface area contributed by atoms with E-state index < -0.39 is 0 Å². The zero-order valence-corrected chi connectivity index (χ0v) is 8.80. The first-order chi connectivity index (χ1) is 7.16. The molecule has 1 aliphatic carbocycles. The molecule has 0 aromatic carbocycles. The number of Topliss-reactive ketones (excluding diaryl/α,β-unsaturated/α-hetero) is 1. The van der Waals surface area contributed by atoms with E-state index in [0.717, 1.165) is 36.9 Å². The van der Waals surface area contributed by atoms with Crippen LogP contribution in [-0.4, -0.2) is 15.8 Å². The van der Waals surface area contributed by atoms with Crippen molar-refractivity contribution in [2.75, 3.05) is 0 Å². The molecule has 1 aromatic rings. The van der Waals surface area contributed by atoms with Gasteiger partial charge >= 0.3 is 5.69 Å². The molecule has 0 unspecified atom stereocenters. The largest absolute Gasteiger partial charge is 0.345 e. The Morgan fingerprint density at radius 1 is 1.40 bits per heavy atom. The molecule has 0 bridgehead atoms. The number of nitrogens with zero attached hydrogens (tertiary/aromatic N) is 1. The van der Waals surface area contributed by atoms with Crippen LogP contribution in [0.15, 0.2) is 4.79 Å². The zero-order chi connectivity index (χ0) is 10.8. The van der Waals surface area contributed by atoms with E-state index in [-0.39, 0.29) is 17.9 Å². The monoisotopic (exact) mass is 206 g/mol. The van der Waals surface area contributed by atoms with Gasteiger partial charge in [0.25, 0.3) is 0 Å². The number of aryl methyl sites for hydroxylation is 1. The minimum atomic E-state index is -0.327. The van der Waals surface area contributed by atoms with Gasteiger partial charge in [0.1, 0.15) is 5.78 Å². The Bertz CT molecular complexity index is 448. The van der Waals surface area contributed by atoms with E-state index in [0.29, 0.717) is 5.69 Å². The molecule has 0 radical (unpaired) electrons. The summed E-state index contributed by atoms with van der Waals surface area (Å²) in [7, 11) is 0. The Hall–Kier alpha value is -1.45. The van der Waals surface area contributed by atoms with E-state index in [2.05, 4.69) is 9.97 Å². The van der Waals surface area contributed by atoms with Crippen molar-refractivity contribution in [3.63, 3.8) is 0 Å². The van der Waals surface area contributed by atoms with Crippen molar-refractivity contribution >= 4 is 5.78 Å². The number of hydrogen-bond donors (Lipinski definition) is 1. The summed E-state index contributed by atoms with van der Waals surface area (Å²) in [5.74, 6) is 0.0564. The molecule has 1 aromatic heterocycles. The van der Waals surface area contributed by atoms with Crippen molar-refractivity contribution in [2.45, 2.75) is 39.0 Å². The third-order valence-corrected chi connectivity index (χ3v) is 2.73. The van der Waals surface area contributed by atoms with Crippen molar-refractivity contribution in [2.24, 2.45) is 0 Å². The van der Waals surface area contributed by atoms with Gasteiger partial charge in [-0.1, -0.05) is 0 Å². The fourth-order valence-electron chi connectivity index (χ4n) is 2.09. The molecule has 0 spiro atoms. The molecule has 2 rings (SSSR count). The van der Waals surface area contributed by atoms with Gasteiger partial charge in [0, 0.05) is 12.1 Å². The molecule has 0 saturated heterocycles. The Kier molecular flexibility index (Phi) is 2.66. The number of fused-ring (bicyclic) bond motifs is 1. The van der Waals surface area contributed by atoms with Gasteiger partial charge in [-0.2, -0.15) is 4.98 Å². The maximum Gasteiger partial charge on any atom is 0.345 e. The molecule has 0 atom stereocenters. The van der Waals surface area contributed by atoms with Gasteiger partial charge in [0.2, 0.25) is 0 Å². The average Bonchev–Trinajstić information content (AvgIpc) is 2.16. The lowest BCUT2D eigenvalue weighted by Gasteiger charge is -2.17. The molecule has 80 valence electrons. The van der Waals surface area contributed by atoms with Crippen LogP contribution in [0, 0.1) is 0 Å². The SMILES string of the molecule is CC(=O)Cc1nc(=O)[nH]c2c1CCCC2. The fourth-order valence-corrected chi connectivity index (χ4v) is 2.09. The predicted molar refractivity (Wildman–Crippen MR) is 55.9 cm³/mol. The van der Waals surface area contributed by atoms with Crippen LogP contribution in [0.4, 0.5) is 0 Å². The number of hydrogen-bond acceptors (Lipinski definition) is 3. The van der Waals surface area contributed by atoms with E-state index in [4.69, 9.17) is 0 Å². The van der Waals surface area contributed by atoms with E-state index in [1.807, 2.05) is 0 Å². The zero-order valence-electron chi connectivity index (χ0n) is 8.80. The number of nitrogens with one attached hydrogen (secondary N) is 1. The van der Waals surface area contributed by atoms with Gasteiger partial charge in [-0.15, -0.1) is 0 Å². The normalized spacial score (nSPS) is 14.7. The molecule has 15 heavy (non-hydrogen) atoms. The van der Waals surface area contributed by atoms with Crippen LogP contribution < -0.4 is 5.69 Å². The minimum absolute atomic E-state index is 0.0564. The summed E-state index contributed by atoms with van der Waals surface area (Å²) in [6.45, 7) is 1.53. The third-order valence-electron chi connectivity index (χ3n) is 2.73. The summed E-state index contributed by atoms with van der Waals surface area (Å²) >= 11 is 0. The second kappa shape index (κ2) is 3.96. The van der Waals surface area contributed by atoms with E-state index in [9.17, 15) is 9.59 Å². The van der Waals surface area contributed by atoms with Crippen molar-refractivity contribution < 1.29 is 4.79 Å². The number of carbonyl (C=O) groups excluding carboxylic acids is 1. The molecule has 1 N–H and O–H groups in total. The van der Waals surface area contributed by atoms with E-state index >= 15 is 0 Å². The van der Waals surface area contributed by atoms with E-state index in [1.54, 1.807) is 0 Å². The summed E-state index contributed by atoms with van der Waals surface area (Å²) in [6, 6.07) is 0. The predicted octanol–water partition coefficient (Wildman–Crippen LogP) is 0.780. The maximum atomic E-state index is 11.3. The number of ketones is 1. The van der Waals surface area contributed by atoms with Crippen LogP contribution in [0.1, 0.15) is 36.7 Å². The highest BCUT2D eigenvalue weighted by Gasteiger charge is 2.16. The van der Waals surface area contributed by atoms with Crippen LogP contribution in [-0.2, 0) is 24.1 Å². The first-order valence-electron chi connectivity index (χ1n) is 5.27. The third kappa shape index (κ3) is 2.14. The highest BCUT2D eigenvalue weighted by atomic mass is 16.1. The molecule has 0 aliphatic heterocycles. The highest BCUT2D eigenvalue weighted by Crippen LogP contribution is 2.20. The summed E-state index contributed by atoms with van der Waals surface area (Å²) < 4.78 is 0. The van der Waals surface area contributed by atoms with Crippen LogP contribution >= 0.6 is 0 Å². The summed E-state index contributed by atoms with van der Waals surface area (Å²) in [4.78, 5) is 29.0. The second-order valence-corrected chi connectivity index (χ2v) is 4.03. The highest BCUT2D eigenvalue weighted by molar-refractivity contribution is 5.78. The number of rotatable bonds is 2. The van der Waals surface area contributed by atoms with Gasteiger partial charge < -0.3 is 4.98 Å². The first kappa shape index (κ1) is 10.1. The number of carbonyl (C=O) groups is 1. The van der Waals surface area contributed by atoms with Crippen molar-refractivity contribution in [3.05, 3.63) is 27.4 Å². The second-order valence-electron chi connectivity index (χ2n) is 4.03. The van der Waals surface area contributed by atoms with Gasteiger partial charge in [-0.05, 0) is 38.2 Å². The summed E-state index contributed by atoms with van der Waals surface area (Å²) in [5.41, 5.74) is 2.43. The number of H-pyrrole nitrogens is 1. The molecule has 4 heteroatoms. The molecule has 4 nitrogen and oxygen atoms in total. The summed E-state index contributed by atoms with van der Waals surface area (Å²) in [5, 5.41) is 0. The molecule has 0 amide bonds. The first-order valence-corrected chi connectivity index (χ1v) is 5.27. The van der Waals surface area contributed by atoms with Crippen LogP contribution in [0.3, 0.4) is 0 Å². The summed E-state index contributed by atoms with van der Waals surface area (Å²) in [6.07, 6.45) is 4.34. The molecule has 1 aliphatic rings. The van der Waals surface area contributed by atoms with Crippen LogP contribution in [0.2, 0.25) is 0 Å². The van der Waals surface area contributed by atoms with Gasteiger partial charge in [0.15, 0.2) is 0 Å². The van der Waals surface area contributed by atoms with E-state index in [1.165, 1.54) is 6.92 Å². The van der Waals surface area contributed by atoms with Gasteiger partial charge in [0.05, 0.1) is 5.69 Å². The Morgan fingerprint density at radius 3 is 2.87 bits per heavy atom. The molecular weight excluding hydrogens is 192 g/mol. The smallest absolute Gasteiger partial charge is 0.310 e. The van der Waals surface area contributed by atoms with Crippen molar-refractivity contribution in [3.8, 4) is 0 Å². The Labute approximate surface area is 87.7 Å². The number of aromatic amines is 1. The van der Waals surface area contributed by atoms with Gasteiger partial charge in [-0.3, -0.25) is 4.79 Å². The van der Waals surface area contributed by atoms with Crippen molar-refractivity contribution in [1.29, 1.82) is 0 Å². The molecule has 1 heterocycles. The minimum Gasteiger partial charge on any atom is -0.310 e. The van der Waals surface area contributed by atoms with Gasteiger partial charge in [-0.25, -0.2) is 4.79 Å². The standard InChI is InChI=1S/C11H14N2O2/c1-7(14)6-10-8-4-2-3-5-9(8)12-11(15)13-10/h2-6H2,1H3,(H,12,13,15). The van der Waals surface area contributed by atoms with Crippen LogP contribution in [0.25, 0.3) is 0 Å². The topological polar surface area (TPSA) is 62.8 Å². The molecule has 0 saturated carbocycles. The van der Waals surface area contributed by atoms with Crippen molar-refractivity contribution in [1.82, 2.24) is 9.97 Å². The maximum absolute atomic E-state index is 11.3. The fraction of sp³-hybridized carbons (Fsp3) is 0.545. The quantitative estimate of drug-likeness (QED) is 0.777. The number of aromatic nitrogens is 2.